The van der Waals surface area contributed by atoms with E-state index in [1.807, 2.05) is 6.20 Å². The average molecular weight is 179 g/mol. The Morgan fingerprint density at radius 3 is 2.92 bits per heavy atom. The third-order valence-electron chi connectivity index (χ3n) is 2.80. The lowest BCUT2D eigenvalue weighted by atomic mass is 10.2. The fraction of sp³-hybridized carbons (Fsp3) is 0.700. The predicted octanol–water partition coefficient (Wildman–Crippen LogP) is 2.29. The lowest BCUT2D eigenvalue weighted by molar-refractivity contribution is 0.544. The highest BCUT2D eigenvalue weighted by Gasteiger charge is 2.47. The largest absolute Gasteiger partial charge is 0.356 e. The van der Waals surface area contributed by atoms with E-state index >= 15 is 0 Å². The van der Waals surface area contributed by atoms with Gasteiger partial charge in [-0.2, -0.15) is 0 Å². The van der Waals surface area contributed by atoms with E-state index < -0.39 is 0 Å². The summed E-state index contributed by atoms with van der Waals surface area (Å²) in [5.41, 5.74) is 0.463. The van der Waals surface area contributed by atoms with E-state index in [9.17, 15) is 0 Å². The lowest BCUT2D eigenvalue weighted by Gasteiger charge is -2.09. The molecule has 0 amide bonds. The Morgan fingerprint density at radius 2 is 2.38 bits per heavy atom. The number of anilines is 1. The number of aromatic nitrogens is 2. The van der Waals surface area contributed by atoms with Crippen molar-refractivity contribution >= 4 is 5.95 Å². The van der Waals surface area contributed by atoms with Gasteiger partial charge in [0.1, 0.15) is 0 Å². The number of nitrogens with zero attached hydrogens (tertiary/aromatic N) is 2. The summed E-state index contributed by atoms with van der Waals surface area (Å²) in [6.07, 6.45) is 5.20. The van der Waals surface area contributed by atoms with Crippen molar-refractivity contribution in [1.82, 2.24) is 9.55 Å². The molecule has 1 saturated carbocycles. The molecule has 1 aromatic heterocycles. The molecule has 3 nitrogen and oxygen atoms in total. The van der Waals surface area contributed by atoms with Gasteiger partial charge >= 0.3 is 0 Å². The van der Waals surface area contributed by atoms with Crippen LogP contribution in [-0.4, -0.2) is 16.1 Å². The van der Waals surface area contributed by atoms with Crippen molar-refractivity contribution in [3.8, 4) is 0 Å². The first-order chi connectivity index (χ1) is 6.15. The summed E-state index contributed by atoms with van der Waals surface area (Å²) in [5, 5.41) is 3.27. The Kier molecular flexibility index (Phi) is 1.82. The van der Waals surface area contributed by atoms with Crippen LogP contribution in [0.1, 0.15) is 33.2 Å². The molecule has 1 unspecified atom stereocenters. The van der Waals surface area contributed by atoms with Crippen LogP contribution in [-0.2, 0) is 0 Å². The number of hydrogen-bond acceptors (Lipinski definition) is 2. The van der Waals surface area contributed by atoms with Crippen LogP contribution < -0.4 is 5.32 Å². The van der Waals surface area contributed by atoms with Crippen LogP contribution in [0.25, 0.3) is 0 Å². The van der Waals surface area contributed by atoms with Crippen molar-refractivity contribution in [2.45, 2.75) is 33.2 Å². The second-order valence-electron chi connectivity index (χ2n) is 4.40. The van der Waals surface area contributed by atoms with Gasteiger partial charge in [-0.3, -0.25) is 0 Å². The van der Waals surface area contributed by atoms with Crippen LogP contribution in [0.15, 0.2) is 12.4 Å². The second-order valence-corrected chi connectivity index (χ2v) is 4.40. The molecule has 0 saturated heterocycles. The number of imidazole rings is 1. The molecule has 2 rings (SSSR count). The molecule has 1 aromatic rings. The minimum Gasteiger partial charge on any atom is -0.356 e. The van der Waals surface area contributed by atoms with Crippen LogP contribution >= 0.6 is 0 Å². The monoisotopic (exact) mass is 179 g/mol. The fourth-order valence-corrected chi connectivity index (χ4v) is 1.77. The molecule has 1 atom stereocenters. The third-order valence-corrected chi connectivity index (χ3v) is 2.80. The molecule has 1 heterocycles. The molecule has 0 radical (unpaired) electrons. The van der Waals surface area contributed by atoms with E-state index in [-0.39, 0.29) is 0 Å². The van der Waals surface area contributed by atoms with Crippen LogP contribution in [0.5, 0.6) is 0 Å². The van der Waals surface area contributed by atoms with Crippen LogP contribution in [0.4, 0.5) is 5.95 Å². The molecule has 1 N–H and O–H groups in total. The molecule has 1 aliphatic carbocycles. The highest BCUT2D eigenvalue weighted by Crippen LogP contribution is 2.56. The Bertz CT molecular complexity index is 301. The van der Waals surface area contributed by atoms with Crippen molar-refractivity contribution in [2.75, 3.05) is 11.9 Å². The summed E-state index contributed by atoms with van der Waals surface area (Å²) in [4.78, 5) is 4.28. The summed E-state index contributed by atoms with van der Waals surface area (Å²) >= 11 is 0. The Hall–Kier alpha value is -0.990. The minimum atomic E-state index is 0.463. The molecule has 1 fully saturated rings. The van der Waals surface area contributed by atoms with Gasteiger partial charge in [-0.1, -0.05) is 13.8 Å². The Morgan fingerprint density at radius 1 is 1.69 bits per heavy atom. The molecule has 72 valence electrons. The van der Waals surface area contributed by atoms with Gasteiger partial charge in [0.2, 0.25) is 5.95 Å². The van der Waals surface area contributed by atoms with Gasteiger partial charge in [-0.25, -0.2) is 4.98 Å². The average Bonchev–Trinajstić information content (AvgIpc) is 2.52. The zero-order chi connectivity index (χ0) is 9.47. The van der Waals surface area contributed by atoms with Gasteiger partial charge in [0.25, 0.3) is 0 Å². The second kappa shape index (κ2) is 2.76. The maximum atomic E-state index is 4.28. The smallest absolute Gasteiger partial charge is 0.203 e. The summed E-state index contributed by atoms with van der Waals surface area (Å²) < 4.78 is 2.25. The zero-order valence-corrected chi connectivity index (χ0v) is 8.54. The van der Waals surface area contributed by atoms with Gasteiger partial charge in [-0.05, 0) is 18.8 Å². The molecule has 0 spiro atoms. The number of rotatable bonds is 3. The first-order valence-corrected chi connectivity index (χ1v) is 4.92. The summed E-state index contributed by atoms with van der Waals surface area (Å²) in [6, 6.07) is 0.643. The minimum absolute atomic E-state index is 0.463. The van der Waals surface area contributed by atoms with Gasteiger partial charge in [0.05, 0.1) is 0 Å². The van der Waals surface area contributed by atoms with Crippen molar-refractivity contribution < 1.29 is 0 Å². The Balaban J connectivity index is 2.17. The van der Waals surface area contributed by atoms with Gasteiger partial charge in [0.15, 0.2) is 0 Å². The van der Waals surface area contributed by atoms with E-state index in [4.69, 9.17) is 0 Å². The number of hydrogen-bond donors (Lipinski definition) is 1. The van der Waals surface area contributed by atoms with Gasteiger partial charge in [0, 0.05) is 25.0 Å². The summed E-state index contributed by atoms with van der Waals surface area (Å²) in [6.45, 7) is 7.63. The van der Waals surface area contributed by atoms with E-state index in [0.717, 1.165) is 12.5 Å². The third kappa shape index (κ3) is 1.43. The molecule has 3 heteroatoms. The molecule has 0 bridgehead atoms. The number of nitrogens with one attached hydrogen (secondary N) is 1. The van der Waals surface area contributed by atoms with E-state index in [1.54, 1.807) is 0 Å². The van der Waals surface area contributed by atoms with Crippen molar-refractivity contribution in [3.63, 3.8) is 0 Å². The summed E-state index contributed by atoms with van der Waals surface area (Å²) in [7, 11) is 0. The summed E-state index contributed by atoms with van der Waals surface area (Å²) in [5.74, 6) is 1.01. The van der Waals surface area contributed by atoms with Crippen LogP contribution in [0.3, 0.4) is 0 Å². The maximum absolute atomic E-state index is 4.28. The maximum Gasteiger partial charge on any atom is 0.203 e. The van der Waals surface area contributed by atoms with E-state index in [0.29, 0.717) is 11.5 Å². The molecular weight excluding hydrogens is 162 g/mol. The quantitative estimate of drug-likeness (QED) is 0.771. The van der Waals surface area contributed by atoms with E-state index in [2.05, 4.69) is 41.8 Å². The normalized spacial score (nSPS) is 24.4. The molecule has 0 aromatic carbocycles. The fourth-order valence-electron chi connectivity index (χ4n) is 1.77. The SMILES string of the molecule is CCNc1nccn1C1CC1(C)C. The van der Waals surface area contributed by atoms with Crippen molar-refractivity contribution in [2.24, 2.45) is 5.41 Å². The first-order valence-electron chi connectivity index (χ1n) is 4.92. The lowest BCUT2D eigenvalue weighted by Crippen LogP contribution is -2.07. The standard InChI is InChI=1S/C10H17N3/c1-4-11-9-12-5-6-13(9)8-7-10(8,2)3/h5-6,8H,4,7H2,1-3H3,(H,11,12). The zero-order valence-electron chi connectivity index (χ0n) is 8.54. The predicted molar refractivity (Wildman–Crippen MR) is 53.8 cm³/mol. The van der Waals surface area contributed by atoms with E-state index in [1.165, 1.54) is 6.42 Å². The molecule has 1 aliphatic rings. The van der Waals surface area contributed by atoms with Crippen molar-refractivity contribution in [3.05, 3.63) is 12.4 Å². The molecule has 13 heavy (non-hydrogen) atoms. The topological polar surface area (TPSA) is 29.9 Å². The highest BCUT2D eigenvalue weighted by atomic mass is 15.2. The van der Waals surface area contributed by atoms with Crippen LogP contribution in [0, 0.1) is 5.41 Å². The highest BCUT2D eigenvalue weighted by molar-refractivity contribution is 5.28. The first kappa shape index (κ1) is 8.60. The van der Waals surface area contributed by atoms with Gasteiger partial charge < -0.3 is 9.88 Å². The van der Waals surface area contributed by atoms with Crippen LogP contribution in [0.2, 0.25) is 0 Å². The van der Waals surface area contributed by atoms with Crippen molar-refractivity contribution in [1.29, 1.82) is 0 Å². The molecular formula is C10H17N3. The van der Waals surface area contributed by atoms with Gasteiger partial charge in [-0.15, -0.1) is 0 Å². The molecule has 0 aliphatic heterocycles. The Labute approximate surface area is 79.2 Å².